The Balaban J connectivity index is 0.000000979. The minimum atomic E-state index is -5.06. The second-order valence-corrected chi connectivity index (χ2v) is 8.48. The fraction of sp³-hybridized carbons (Fsp3) is 0.429. The van der Waals surface area contributed by atoms with Crippen molar-refractivity contribution >= 4 is 24.4 Å². The van der Waals surface area contributed by atoms with Crippen LogP contribution in [0, 0.1) is 18.6 Å². The Labute approximate surface area is 241 Å². The number of hydrogen-bond donors (Lipinski definition) is 3. The van der Waals surface area contributed by atoms with Gasteiger partial charge in [-0.05, 0) is 45.7 Å². The van der Waals surface area contributed by atoms with Crippen LogP contribution in [-0.2, 0) is 12.7 Å². The van der Waals surface area contributed by atoms with Gasteiger partial charge in [0.1, 0.15) is 23.3 Å². The summed E-state index contributed by atoms with van der Waals surface area (Å²) in [5, 5.41) is 5.54. The predicted molar refractivity (Wildman–Crippen MR) is 153 cm³/mol. The van der Waals surface area contributed by atoms with Crippen molar-refractivity contribution in [3.63, 3.8) is 0 Å². The number of aldehydes is 1. The second-order valence-electron chi connectivity index (χ2n) is 8.48. The summed E-state index contributed by atoms with van der Waals surface area (Å²) in [7, 11) is 1.89. The fourth-order valence-corrected chi connectivity index (χ4v) is 3.45. The maximum atomic E-state index is 15.7. The van der Waals surface area contributed by atoms with Gasteiger partial charge in [-0.25, -0.2) is 18.7 Å². The van der Waals surface area contributed by atoms with E-state index in [2.05, 4.69) is 32.3 Å². The highest BCUT2D eigenvalue weighted by Gasteiger charge is 2.39. The summed E-state index contributed by atoms with van der Waals surface area (Å²) in [6, 6.07) is 0.655. The van der Waals surface area contributed by atoms with Gasteiger partial charge in [0.25, 0.3) is 0 Å². The number of halogens is 5. The molecule has 4 N–H and O–H groups in total. The molecule has 0 aliphatic heterocycles. The van der Waals surface area contributed by atoms with E-state index in [0.717, 1.165) is 20.0 Å². The first kappa shape index (κ1) is 36.0. The summed E-state index contributed by atoms with van der Waals surface area (Å²) in [4.78, 5) is 23.2. The number of carbonyl (C=O) groups is 1. The molecule has 2 heterocycles. The average molecular weight is 601 g/mol. The number of hydrogen-bond acceptors (Lipinski definition) is 9. The van der Waals surface area contributed by atoms with Crippen molar-refractivity contribution in [3.8, 4) is 17.1 Å². The number of alkyl halides is 3. The number of oxazole rings is 1. The summed E-state index contributed by atoms with van der Waals surface area (Å²) in [5.74, 6) is -2.85. The molecule has 0 aliphatic carbocycles. The molecular formula is C28H37F5N6O3. The van der Waals surface area contributed by atoms with Crippen LogP contribution in [0.5, 0.6) is 5.88 Å². The van der Waals surface area contributed by atoms with E-state index < -0.39 is 63.6 Å². The molecule has 14 heteroatoms. The largest absolute Gasteiger partial charge is 0.474 e. The summed E-state index contributed by atoms with van der Waals surface area (Å²) in [6.07, 6.45) is -2.24. The minimum Gasteiger partial charge on any atom is -0.474 e. The average Bonchev–Trinajstić information content (AvgIpc) is 3.48. The summed E-state index contributed by atoms with van der Waals surface area (Å²) in [6.45, 7) is 13.1. The lowest BCUT2D eigenvalue weighted by atomic mass is 9.96. The van der Waals surface area contributed by atoms with Crippen LogP contribution in [0.1, 0.15) is 61.5 Å². The molecule has 0 amide bonds. The number of aromatic nitrogens is 2. The minimum absolute atomic E-state index is 0.122. The first-order valence-electron chi connectivity index (χ1n) is 13.1. The van der Waals surface area contributed by atoms with Crippen LogP contribution in [0.2, 0.25) is 0 Å². The monoisotopic (exact) mass is 600 g/mol. The van der Waals surface area contributed by atoms with Gasteiger partial charge >= 0.3 is 6.18 Å². The number of nitrogens with two attached hydrogens (primary N) is 1. The number of nitrogens with one attached hydrogen (secondary N) is 2. The molecule has 232 valence electrons. The molecule has 0 bridgehead atoms. The van der Waals surface area contributed by atoms with Crippen molar-refractivity contribution in [2.45, 2.75) is 59.9 Å². The van der Waals surface area contributed by atoms with E-state index in [0.29, 0.717) is 12.5 Å². The van der Waals surface area contributed by atoms with E-state index in [9.17, 15) is 22.4 Å². The van der Waals surface area contributed by atoms with Crippen molar-refractivity contribution in [1.82, 2.24) is 15.3 Å². The van der Waals surface area contributed by atoms with Crippen molar-refractivity contribution in [2.75, 3.05) is 31.2 Å². The number of ether oxygens (including phenoxy) is 1. The lowest BCUT2D eigenvalue weighted by Gasteiger charge is -2.21. The van der Waals surface area contributed by atoms with E-state index in [1.165, 1.54) is 12.5 Å². The molecule has 0 saturated carbocycles. The van der Waals surface area contributed by atoms with Gasteiger partial charge < -0.3 is 25.5 Å². The first-order chi connectivity index (χ1) is 19.9. The van der Waals surface area contributed by atoms with Crippen molar-refractivity contribution < 1.29 is 35.9 Å². The Hall–Kier alpha value is -4.07. The molecule has 1 aromatic carbocycles. The van der Waals surface area contributed by atoms with Crippen LogP contribution in [-0.4, -0.2) is 49.2 Å². The van der Waals surface area contributed by atoms with Crippen molar-refractivity contribution in [2.24, 2.45) is 4.99 Å². The summed E-state index contributed by atoms with van der Waals surface area (Å²) in [5.41, 5.74) is 0.220. The van der Waals surface area contributed by atoms with E-state index in [1.54, 1.807) is 13.8 Å². The maximum absolute atomic E-state index is 15.7. The van der Waals surface area contributed by atoms with Gasteiger partial charge in [-0.15, -0.1) is 0 Å². The smallest absolute Gasteiger partial charge is 0.417 e. The fourth-order valence-electron chi connectivity index (χ4n) is 3.45. The normalized spacial score (nSPS) is 11.4. The molecule has 0 saturated heterocycles. The van der Waals surface area contributed by atoms with E-state index >= 15 is 4.39 Å². The number of nitrogens with zero attached hydrogens (tertiary/aromatic N) is 3. The Morgan fingerprint density at radius 2 is 1.93 bits per heavy atom. The third-order valence-corrected chi connectivity index (χ3v) is 5.63. The van der Waals surface area contributed by atoms with E-state index in [4.69, 9.17) is 14.9 Å². The standard InChI is InChI=1S/C22H21F5N4O3.C4H10N2.C2H6/c1-4-10(2)34-21-13(9-32)19(30-8-15-29-5-6-33-15)18(24)20(31-21)12-7-14(28)17(23)11(3)16(12)22(25,26)27;1-5-3-4-6-2;1-2/h5-7,9-10H,4,8,28H2,1-3H3,(H,30,31);6H,1,3-4H2,2H3;1-2H3. The van der Waals surface area contributed by atoms with Gasteiger partial charge in [-0.1, -0.05) is 20.8 Å². The zero-order valence-electron chi connectivity index (χ0n) is 24.5. The molecule has 0 fully saturated rings. The van der Waals surface area contributed by atoms with Crippen LogP contribution in [0.3, 0.4) is 0 Å². The topological polar surface area (TPSA) is 128 Å². The van der Waals surface area contributed by atoms with E-state index in [-0.39, 0.29) is 24.3 Å². The number of carbonyl (C=O) groups excluding carboxylic acids is 1. The quantitative estimate of drug-likeness (QED) is 0.0753. The predicted octanol–water partition coefficient (Wildman–Crippen LogP) is 6.46. The highest BCUT2D eigenvalue weighted by Crippen LogP contribution is 2.44. The zero-order chi connectivity index (χ0) is 32.0. The molecule has 3 aromatic rings. The highest BCUT2D eigenvalue weighted by molar-refractivity contribution is 5.90. The lowest BCUT2D eigenvalue weighted by molar-refractivity contribution is -0.137. The SMILES string of the molecule is C=NCCNC.CC.CCC(C)Oc1nc(-c2cc(N)c(F)c(C)c2C(F)(F)F)c(F)c(NCc2ncco2)c1C=O. The van der Waals surface area contributed by atoms with Gasteiger partial charge in [0.2, 0.25) is 11.8 Å². The molecule has 1 unspecified atom stereocenters. The molecule has 9 nitrogen and oxygen atoms in total. The Morgan fingerprint density at radius 1 is 1.26 bits per heavy atom. The lowest BCUT2D eigenvalue weighted by Crippen LogP contribution is -2.17. The Morgan fingerprint density at radius 3 is 2.40 bits per heavy atom. The molecule has 2 aromatic heterocycles. The van der Waals surface area contributed by atoms with Gasteiger partial charge in [0, 0.05) is 12.1 Å². The van der Waals surface area contributed by atoms with Crippen molar-refractivity contribution in [3.05, 3.63) is 52.7 Å². The number of anilines is 2. The van der Waals surface area contributed by atoms with Gasteiger partial charge in [0.15, 0.2) is 12.1 Å². The number of aliphatic imine (C=N–C) groups is 1. The molecular weight excluding hydrogens is 563 g/mol. The number of benzene rings is 1. The number of rotatable bonds is 11. The third-order valence-electron chi connectivity index (χ3n) is 5.63. The van der Waals surface area contributed by atoms with Crippen LogP contribution in [0.15, 0.2) is 27.9 Å². The third kappa shape index (κ3) is 9.23. The highest BCUT2D eigenvalue weighted by atomic mass is 19.4. The van der Waals surface area contributed by atoms with Gasteiger partial charge in [0.05, 0.1) is 42.3 Å². The first-order valence-corrected chi connectivity index (χ1v) is 13.1. The summed E-state index contributed by atoms with van der Waals surface area (Å²) < 4.78 is 82.3. The molecule has 3 rings (SSSR count). The zero-order valence-corrected chi connectivity index (χ0v) is 24.5. The number of nitrogen functional groups attached to an aromatic ring is 1. The van der Waals surface area contributed by atoms with Crippen LogP contribution < -0.4 is 21.1 Å². The van der Waals surface area contributed by atoms with Crippen LogP contribution in [0.4, 0.5) is 33.3 Å². The molecule has 0 radical (unpaired) electrons. The second kappa shape index (κ2) is 17.0. The maximum Gasteiger partial charge on any atom is 0.417 e. The number of pyridine rings is 1. The summed E-state index contributed by atoms with van der Waals surface area (Å²) >= 11 is 0. The van der Waals surface area contributed by atoms with E-state index in [1.807, 2.05) is 20.9 Å². The van der Waals surface area contributed by atoms with Crippen LogP contribution in [0.25, 0.3) is 11.3 Å². The molecule has 1 atom stereocenters. The van der Waals surface area contributed by atoms with Crippen LogP contribution >= 0.6 is 0 Å². The van der Waals surface area contributed by atoms with Crippen molar-refractivity contribution in [1.29, 1.82) is 0 Å². The Bertz CT molecular complexity index is 1300. The van der Waals surface area contributed by atoms with Gasteiger partial charge in [-0.3, -0.25) is 9.79 Å². The molecule has 0 aliphatic rings. The molecule has 0 spiro atoms. The van der Waals surface area contributed by atoms with Gasteiger partial charge in [-0.2, -0.15) is 13.2 Å². The molecule has 42 heavy (non-hydrogen) atoms. The Kier molecular flexibility index (Phi) is 14.6. The number of likely N-dealkylation sites (N-methyl/N-ethyl adjacent to an activating group) is 1.